The van der Waals surface area contributed by atoms with Gasteiger partial charge in [-0.1, -0.05) is 66.8 Å². The Morgan fingerprint density at radius 3 is 2.44 bits per heavy atom. The van der Waals surface area contributed by atoms with E-state index >= 15 is 0 Å². The molecule has 3 aromatic carbocycles. The van der Waals surface area contributed by atoms with Gasteiger partial charge in [-0.3, -0.25) is 4.99 Å². The van der Waals surface area contributed by atoms with Gasteiger partial charge in [0, 0.05) is 26.4 Å². The summed E-state index contributed by atoms with van der Waals surface area (Å²) in [6.45, 7) is 5.62. The number of ether oxygens (including phenoxy) is 1. The van der Waals surface area contributed by atoms with E-state index in [9.17, 15) is 22.4 Å². The van der Waals surface area contributed by atoms with Gasteiger partial charge in [-0.05, 0) is 80.3 Å². The van der Waals surface area contributed by atoms with Gasteiger partial charge in [-0.2, -0.15) is 13.2 Å². The van der Waals surface area contributed by atoms with Crippen molar-refractivity contribution in [2.24, 2.45) is 4.99 Å². The summed E-state index contributed by atoms with van der Waals surface area (Å²) in [6.07, 6.45) is 3.63. The molecule has 0 fully saturated rings. The highest BCUT2D eigenvalue weighted by Crippen LogP contribution is 2.44. The Balaban J connectivity index is 1.37. The summed E-state index contributed by atoms with van der Waals surface area (Å²) < 4.78 is 58.4. The Morgan fingerprint density at radius 2 is 1.84 bits per heavy atom. The molecule has 1 aliphatic heterocycles. The number of carboxylic acids is 1. The zero-order chi connectivity index (χ0) is 32.4. The Labute approximate surface area is 268 Å². The molecule has 0 bridgehead atoms. The standard InChI is InChI=1S/C35H33F4NO3S2/c1-21-18-28(12-13-29(21)43-20-31(41)42)44-30(19-23-14-16-34(3,17-15-23)25-8-10-27(36)11-9-25)32-22(2)40-33(45-32)24-4-6-26(7-5-24)35(37,38)39/h4-16,18,22,30,32H,17,19-20H2,1-3H3,(H,41,42). The van der Waals surface area contributed by atoms with E-state index in [2.05, 4.69) is 25.2 Å². The number of carbonyl (C=O) groups is 1. The molecule has 0 saturated heterocycles. The van der Waals surface area contributed by atoms with Crippen molar-refractivity contribution < 1.29 is 32.2 Å². The Morgan fingerprint density at radius 1 is 1.13 bits per heavy atom. The lowest BCUT2D eigenvalue weighted by atomic mass is 9.75. The molecular weight excluding hydrogens is 623 g/mol. The van der Waals surface area contributed by atoms with E-state index in [0.717, 1.165) is 46.0 Å². The van der Waals surface area contributed by atoms with Crippen LogP contribution in [0, 0.1) is 12.7 Å². The monoisotopic (exact) mass is 655 g/mol. The molecule has 4 nitrogen and oxygen atoms in total. The molecule has 0 radical (unpaired) electrons. The zero-order valence-electron chi connectivity index (χ0n) is 25.0. The Kier molecular flexibility index (Phi) is 9.84. The molecular formula is C35H33F4NO3S2. The van der Waals surface area contributed by atoms with Crippen LogP contribution >= 0.6 is 23.5 Å². The number of benzene rings is 3. The maximum absolute atomic E-state index is 13.5. The van der Waals surface area contributed by atoms with Crippen LogP contribution in [0.5, 0.6) is 5.75 Å². The zero-order valence-corrected chi connectivity index (χ0v) is 26.6. The summed E-state index contributed by atoms with van der Waals surface area (Å²) >= 11 is 3.29. The maximum atomic E-state index is 13.5. The van der Waals surface area contributed by atoms with E-state index in [0.29, 0.717) is 11.3 Å². The van der Waals surface area contributed by atoms with Gasteiger partial charge in [0.1, 0.15) is 11.6 Å². The number of hydrogen-bond acceptors (Lipinski definition) is 5. The molecule has 1 heterocycles. The highest BCUT2D eigenvalue weighted by Gasteiger charge is 2.37. The average molecular weight is 656 g/mol. The summed E-state index contributed by atoms with van der Waals surface area (Å²) in [5.41, 5.74) is 2.74. The van der Waals surface area contributed by atoms with Gasteiger partial charge < -0.3 is 9.84 Å². The number of allylic oxidation sites excluding steroid dienone is 4. The second-order valence-corrected chi connectivity index (χ2v) is 14.0. The molecule has 1 N–H and O–H groups in total. The van der Waals surface area contributed by atoms with Crippen molar-refractivity contribution >= 4 is 34.5 Å². The van der Waals surface area contributed by atoms with Crippen LogP contribution in [0.15, 0.2) is 100 Å². The lowest BCUT2D eigenvalue weighted by Gasteiger charge is -2.31. The summed E-state index contributed by atoms with van der Waals surface area (Å²) in [5.74, 6) is -0.808. The second-order valence-electron chi connectivity index (χ2n) is 11.5. The summed E-state index contributed by atoms with van der Waals surface area (Å²) in [5, 5.41) is 9.79. The van der Waals surface area contributed by atoms with E-state index in [1.54, 1.807) is 29.6 Å². The Bertz CT molecular complexity index is 1630. The third-order valence-electron chi connectivity index (χ3n) is 8.05. The highest BCUT2D eigenvalue weighted by atomic mass is 32.2. The molecule has 236 valence electrons. The normalized spacial score (nSPS) is 22.1. The van der Waals surface area contributed by atoms with Gasteiger partial charge in [0.2, 0.25) is 0 Å². The van der Waals surface area contributed by atoms with E-state index in [4.69, 9.17) is 14.8 Å². The van der Waals surface area contributed by atoms with E-state index in [1.807, 2.05) is 38.1 Å². The summed E-state index contributed by atoms with van der Waals surface area (Å²) in [6, 6.07) is 17.3. The molecule has 1 aliphatic carbocycles. The van der Waals surface area contributed by atoms with E-state index in [1.165, 1.54) is 29.8 Å². The maximum Gasteiger partial charge on any atom is 0.416 e. The van der Waals surface area contributed by atoms with Crippen molar-refractivity contribution in [2.45, 2.75) is 66.6 Å². The van der Waals surface area contributed by atoms with Gasteiger partial charge in [-0.15, -0.1) is 11.8 Å². The fraction of sp³-hybridized carbons (Fsp3) is 0.314. The number of aryl methyl sites for hydroxylation is 1. The molecule has 4 atom stereocenters. The number of hydrogen-bond donors (Lipinski definition) is 1. The second kappa shape index (κ2) is 13.5. The van der Waals surface area contributed by atoms with Crippen molar-refractivity contribution in [3.05, 3.63) is 119 Å². The predicted molar refractivity (Wildman–Crippen MR) is 173 cm³/mol. The van der Waals surface area contributed by atoms with Crippen molar-refractivity contribution in [1.29, 1.82) is 0 Å². The quantitative estimate of drug-likeness (QED) is 0.174. The average Bonchev–Trinajstić information content (AvgIpc) is 3.39. The van der Waals surface area contributed by atoms with E-state index < -0.39 is 24.3 Å². The van der Waals surface area contributed by atoms with Crippen molar-refractivity contribution in [3.8, 4) is 5.75 Å². The summed E-state index contributed by atoms with van der Waals surface area (Å²) in [7, 11) is 0. The smallest absolute Gasteiger partial charge is 0.416 e. The lowest BCUT2D eigenvalue weighted by molar-refractivity contribution is -0.139. The number of alkyl halides is 3. The molecule has 0 spiro atoms. The number of aliphatic imine (C=N–C) groups is 1. The van der Waals surface area contributed by atoms with E-state index in [-0.39, 0.29) is 27.8 Å². The Hall–Kier alpha value is -3.50. The van der Waals surface area contributed by atoms with Crippen LogP contribution in [-0.4, -0.2) is 39.3 Å². The van der Waals surface area contributed by atoms with Gasteiger partial charge in [0.05, 0.1) is 16.6 Å². The SMILES string of the molecule is Cc1cc(SC(CC2=CCC(C)(c3ccc(F)cc3)C=C2)C2SC(c3ccc(C(F)(F)F)cc3)=NC2C)ccc1OCC(=O)O. The first-order valence-corrected chi connectivity index (χ1v) is 16.2. The first kappa shape index (κ1) is 32.9. The minimum Gasteiger partial charge on any atom is -0.482 e. The minimum absolute atomic E-state index is 0.0373. The molecule has 4 unspecified atom stereocenters. The largest absolute Gasteiger partial charge is 0.482 e. The van der Waals surface area contributed by atoms with Crippen LogP contribution in [0.4, 0.5) is 17.6 Å². The third-order valence-corrected chi connectivity index (χ3v) is 11.1. The van der Waals surface area contributed by atoms with Crippen molar-refractivity contribution in [2.75, 3.05) is 6.61 Å². The number of thioether (sulfide) groups is 2. The number of nitrogens with zero attached hydrogens (tertiary/aromatic N) is 1. The first-order chi connectivity index (χ1) is 21.3. The van der Waals surface area contributed by atoms with Gasteiger partial charge in [0.15, 0.2) is 6.61 Å². The topological polar surface area (TPSA) is 58.9 Å². The van der Waals surface area contributed by atoms with Gasteiger partial charge in [-0.25, -0.2) is 9.18 Å². The summed E-state index contributed by atoms with van der Waals surface area (Å²) in [4.78, 5) is 16.8. The van der Waals surface area contributed by atoms with Gasteiger partial charge >= 0.3 is 12.1 Å². The molecule has 2 aliphatic rings. The van der Waals surface area contributed by atoms with Crippen molar-refractivity contribution in [3.63, 3.8) is 0 Å². The van der Waals surface area contributed by atoms with Crippen LogP contribution in [0.25, 0.3) is 0 Å². The van der Waals surface area contributed by atoms with Crippen LogP contribution in [0.1, 0.15) is 48.9 Å². The lowest BCUT2D eigenvalue weighted by Crippen LogP contribution is -2.28. The molecule has 10 heteroatoms. The molecule has 0 saturated carbocycles. The van der Waals surface area contributed by atoms with Crippen molar-refractivity contribution in [1.82, 2.24) is 0 Å². The number of halogens is 4. The molecule has 0 amide bonds. The third kappa shape index (κ3) is 8.02. The number of carboxylic acid groups (broad SMARTS) is 1. The fourth-order valence-electron chi connectivity index (χ4n) is 5.44. The number of aliphatic carboxylic acids is 1. The molecule has 5 rings (SSSR count). The van der Waals surface area contributed by atoms with Crippen LogP contribution < -0.4 is 4.74 Å². The van der Waals surface area contributed by atoms with Crippen LogP contribution in [0.2, 0.25) is 0 Å². The molecule has 45 heavy (non-hydrogen) atoms. The van der Waals surface area contributed by atoms with Gasteiger partial charge in [0.25, 0.3) is 0 Å². The molecule has 3 aromatic rings. The minimum atomic E-state index is -4.40. The first-order valence-electron chi connectivity index (χ1n) is 14.5. The van der Waals surface area contributed by atoms with Crippen LogP contribution in [-0.2, 0) is 16.4 Å². The number of rotatable bonds is 10. The fourth-order valence-corrected chi connectivity index (χ4v) is 8.42. The van der Waals surface area contributed by atoms with Crippen LogP contribution in [0.3, 0.4) is 0 Å². The molecule has 0 aromatic heterocycles. The predicted octanol–water partition coefficient (Wildman–Crippen LogP) is 9.26. The highest BCUT2D eigenvalue weighted by molar-refractivity contribution is 8.16.